The third-order valence-corrected chi connectivity index (χ3v) is 4.67. The third kappa shape index (κ3) is 3.44. The lowest BCUT2D eigenvalue weighted by atomic mass is 10.2. The summed E-state index contributed by atoms with van der Waals surface area (Å²) in [6.45, 7) is 1.86. The van der Waals surface area contributed by atoms with Gasteiger partial charge in [0.25, 0.3) is 5.91 Å². The highest BCUT2D eigenvalue weighted by Crippen LogP contribution is 2.22. The third-order valence-electron chi connectivity index (χ3n) is 4.67. The maximum absolute atomic E-state index is 13.8. The number of fused-ring (bicyclic) bond motifs is 2. The lowest BCUT2D eigenvalue weighted by molar-refractivity contribution is 0.102. The first-order chi connectivity index (χ1) is 13.0. The molecule has 0 unspecified atom stereocenters. The topological polar surface area (TPSA) is 53.1 Å². The Kier molecular flexibility index (Phi) is 4.41. The van der Waals surface area contributed by atoms with Crippen LogP contribution >= 0.6 is 0 Å². The molecule has 6 heteroatoms. The van der Waals surface area contributed by atoms with Gasteiger partial charge in [-0.05, 0) is 56.6 Å². The fourth-order valence-electron chi connectivity index (χ4n) is 3.22. The molecule has 0 fully saturated rings. The van der Waals surface area contributed by atoms with Gasteiger partial charge >= 0.3 is 0 Å². The standard InChI is InChI=1S/C21H21FN4O/c1-25(2)10-11-26-9-8-14-12-15(6-7-20(14)26)23-21(27)19-13-16-17(22)4-3-5-18(16)24-19/h3-9,12-13,24H,10-11H2,1-2H3,(H,23,27). The normalized spacial score (nSPS) is 11.6. The summed E-state index contributed by atoms with van der Waals surface area (Å²) in [5.41, 5.74) is 2.77. The van der Waals surface area contributed by atoms with Crippen molar-refractivity contribution in [3.63, 3.8) is 0 Å². The molecule has 0 aliphatic rings. The quantitative estimate of drug-likeness (QED) is 0.561. The molecule has 27 heavy (non-hydrogen) atoms. The van der Waals surface area contributed by atoms with Crippen LogP contribution in [-0.2, 0) is 6.54 Å². The number of aromatic amines is 1. The highest BCUT2D eigenvalue weighted by Gasteiger charge is 2.12. The molecule has 2 aromatic heterocycles. The average Bonchev–Trinajstić information content (AvgIpc) is 3.24. The number of likely N-dealkylation sites (N-methyl/N-ethyl adjacent to an activating group) is 1. The summed E-state index contributed by atoms with van der Waals surface area (Å²) in [5.74, 6) is -0.639. The Morgan fingerprint density at radius 3 is 2.81 bits per heavy atom. The minimum atomic E-state index is -0.344. The Labute approximate surface area is 156 Å². The number of carbonyl (C=O) groups is 1. The van der Waals surface area contributed by atoms with Crippen molar-refractivity contribution in [2.75, 3.05) is 26.0 Å². The van der Waals surface area contributed by atoms with Crippen molar-refractivity contribution in [2.45, 2.75) is 6.54 Å². The summed E-state index contributed by atoms with van der Waals surface area (Å²) in [4.78, 5) is 17.6. The molecule has 0 atom stereocenters. The molecule has 2 aromatic carbocycles. The molecule has 0 saturated carbocycles. The number of carbonyl (C=O) groups excluding carboxylic acids is 1. The van der Waals surface area contributed by atoms with Gasteiger partial charge in [0.15, 0.2) is 0 Å². The Bertz CT molecular complexity index is 1130. The van der Waals surface area contributed by atoms with Crippen molar-refractivity contribution in [3.05, 3.63) is 66.2 Å². The highest BCUT2D eigenvalue weighted by molar-refractivity contribution is 6.06. The second kappa shape index (κ2) is 6.89. The molecule has 5 nitrogen and oxygen atoms in total. The molecular weight excluding hydrogens is 343 g/mol. The van der Waals surface area contributed by atoms with Crippen molar-refractivity contribution in [1.82, 2.24) is 14.5 Å². The highest BCUT2D eigenvalue weighted by atomic mass is 19.1. The van der Waals surface area contributed by atoms with Crippen molar-refractivity contribution < 1.29 is 9.18 Å². The second-order valence-corrected chi connectivity index (χ2v) is 6.92. The molecule has 4 rings (SSSR count). The number of halogens is 1. The second-order valence-electron chi connectivity index (χ2n) is 6.92. The van der Waals surface area contributed by atoms with E-state index in [0.717, 1.165) is 24.0 Å². The fraction of sp³-hybridized carbons (Fsp3) is 0.190. The van der Waals surface area contributed by atoms with Crippen molar-refractivity contribution in [1.29, 1.82) is 0 Å². The summed E-state index contributed by atoms with van der Waals surface area (Å²) in [6.07, 6.45) is 2.06. The monoisotopic (exact) mass is 364 g/mol. The van der Waals surface area contributed by atoms with Crippen LogP contribution in [-0.4, -0.2) is 41.0 Å². The summed E-state index contributed by atoms with van der Waals surface area (Å²) in [7, 11) is 4.10. The van der Waals surface area contributed by atoms with Crippen LogP contribution in [0.3, 0.4) is 0 Å². The van der Waals surface area contributed by atoms with Gasteiger partial charge in [-0.2, -0.15) is 0 Å². The van der Waals surface area contributed by atoms with E-state index in [1.807, 2.05) is 24.3 Å². The Morgan fingerprint density at radius 2 is 2.04 bits per heavy atom. The van der Waals surface area contributed by atoms with Crippen LogP contribution in [0.25, 0.3) is 21.8 Å². The minimum Gasteiger partial charge on any atom is -0.350 e. The van der Waals surface area contributed by atoms with E-state index in [0.29, 0.717) is 22.3 Å². The van der Waals surface area contributed by atoms with Crippen LogP contribution in [0.15, 0.2) is 54.7 Å². The fourth-order valence-corrected chi connectivity index (χ4v) is 3.22. The van der Waals surface area contributed by atoms with E-state index >= 15 is 0 Å². The molecule has 4 aromatic rings. The summed E-state index contributed by atoms with van der Waals surface area (Å²) in [5, 5.41) is 4.36. The van der Waals surface area contributed by atoms with Gasteiger partial charge < -0.3 is 19.8 Å². The summed E-state index contributed by atoms with van der Waals surface area (Å²) < 4.78 is 16.0. The Balaban J connectivity index is 1.55. The largest absolute Gasteiger partial charge is 0.350 e. The molecule has 0 radical (unpaired) electrons. The van der Waals surface area contributed by atoms with Crippen molar-refractivity contribution >= 4 is 33.4 Å². The molecule has 2 heterocycles. The predicted octanol–water partition coefficient (Wildman–Crippen LogP) is 4.08. The van der Waals surface area contributed by atoms with E-state index < -0.39 is 0 Å². The van der Waals surface area contributed by atoms with Crippen LogP contribution in [0.2, 0.25) is 0 Å². The number of H-pyrrole nitrogens is 1. The molecule has 0 saturated heterocycles. The number of anilines is 1. The van der Waals surface area contributed by atoms with E-state index in [1.54, 1.807) is 12.1 Å². The molecule has 1 amide bonds. The smallest absolute Gasteiger partial charge is 0.272 e. The van der Waals surface area contributed by atoms with Crippen LogP contribution in [0.4, 0.5) is 10.1 Å². The lowest BCUT2D eigenvalue weighted by Crippen LogP contribution is -2.17. The number of hydrogen-bond donors (Lipinski definition) is 2. The van der Waals surface area contributed by atoms with Crippen LogP contribution in [0.5, 0.6) is 0 Å². The molecule has 0 bridgehead atoms. The molecule has 0 spiro atoms. The first-order valence-corrected chi connectivity index (χ1v) is 8.83. The number of hydrogen-bond acceptors (Lipinski definition) is 2. The number of nitrogens with one attached hydrogen (secondary N) is 2. The first-order valence-electron chi connectivity index (χ1n) is 8.83. The van der Waals surface area contributed by atoms with Gasteiger partial charge in [0.2, 0.25) is 0 Å². The van der Waals surface area contributed by atoms with E-state index in [2.05, 4.69) is 40.1 Å². The van der Waals surface area contributed by atoms with Crippen LogP contribution in [0.1, 0.15) is 10.5 Å². The first kappa shape index (κ1) is 17.3. The zero-order valence-corrected chi connectivity index (χ0v) is 15.3. The summed E-state index contributed by atoms with van der Waals surface area (Å²) >= 11 is 0. The Hall–Kier alpha value is -3.12. The Morgan fingerprint density at radius 1 is 1.19 bits per heavy atom. The minimum absolute atomic E-state index is 0.294. The maximum Gasteiger partial charge on any atom is 0.272 e. The lowest BCUT2D eigenvalue weighted by Gasteiger charge is -2.11. The number of benzene rings is 2. The average molecular weight is 364 g/mol. The van der Waals surface area contributed by atoms with E-state index in [4.69, 9.17) is 0 Å². The molecular formula is C21H21FN4O. The van der Waals surface area contributed by atoms with Crippen molar-refractivity contribution in [3.8, 4) is 0 Å². The number of rotatable bonds is 5. The van der Waals surface area contributed by atoms with Crippen molar-refractivity contribution in [2.24, 2.45) is 0 Å². The molecule has 0 aliphatic heterocycles. The SMILES string of the molecule is CN(C)CCn1ccc2cc(NC(=O)c3cc4c(F)cccc4[nH]3)ccc21. The number of aromatic nitrogens is 2. The van der Waals surface area contributed by atoms with E-state index in [9.17, 15) is 9.18 Å². The molecule has 0 aliphatic carbocycles. The van der Waals surface area contributed by atoms with Gasteiger partial charge in [0.1, 0.15) is 11.5 Å². The predicted molar refractivity (Wildman–Crippen MR) is 107 cm³/mol. The van der Waals surface area contributed by atoms with E-state index in [1.165, 1.54) is 12.1 Å². The number of nitrogens with zero attached hydrogens (tertiary/aromatic N) is 2. The van der Waals surface area contributed by atoms with Crippen LogP contribution in [0, 0.1) is 5.82 Å². The van der Waals surface area contributed by atoms with Gasteiger partial charge in [0, 0.05) is 46.8 Å². The van der Waals surface area contributed by atoms with Gasteiger partial charge in [-0.1, -0.05) is 6.07 Å². The van der Waals surface area contributed by atoms with Gasteiger partial charge in [-0.3, -0.25) is 4.79 Å². The van der Waals surface area contributed by atoms with E-state index in [-0.39, 0.29) is 11.7 Å². The van der Waals surface area contributed by atoms with Crippen LogP contribution < -0.4 is 5.32 Å². The zero-order valence-electron chi connectivity index (χ0n) is 15.3. The zero-order chi connectivity index (χ0) is 19.0. The molecule has 138 valence electrons. The van der Waals surface area contributed by atoms with Gasteiger partial charge in [0.05, 0.1) is 0 Å². The maximum atomic E-state index is 13.8. The van der Waals surface area contributed by atoms with Gasteiger partial charge in [-0.25, -0.2) is 4.39 Å². The summed E-state index contributed by atoms with van der Waals surface area (Å²) in [6, 6.07) is 14.2. The van der Waals surface area contributed by atoms with Gasteiger partial charge in [-0.15, -0.1) is 0 Å². The molecule has 2 N–H and O–H groups in total. The number of amides is 1.